The number of nitrogens with one attached hydrogen (secondary N) is 3. The minimum absolute atomic E-state index is 0.0586. The quantitative estimate of drug-likeness (QED) is 0.349. The van der Waals surface area contributed by atoms with E-state index in [0.29, 0.717) is 17.3 Å². The van der Waals surface area contributed by atoms with Crippen molar-refractivity contribution in [3.8, 4) is 0 Å². The topological polar surface area (TPSA) is 108 Å². The number of benzene rings is 1. The summed E-state index contributed by atoms with van der Waals surface area (Å²) in [6.07, 6.45) is -1.78. The van der Waals surface area contributed by atoms with Gasteiger partial charge in [0.05, 0.1) is 0 Å². The molecule has 5 N–H and O–H groups in total. The predicted octanol–water partition coefficient (Wildman–Crippen LogP) is 5.28. The molecule has 1 saturated heterocycles. The Bertz CT molecular complexity index is 1240. The highest BCUT2D eigenvalue weighted by Crippen LogP contribution is 2.36. The highest BCUT2D eigenvalue weighted by atomic mass is 19.4. The zero-order valence-electron chi connectivity index (χ0n) is 20.6. The van der Waals surface area contributed by atoms with Gasteiger partial charge in [-0.05, 0) is 75.4 Å². The number of nitrogens with two attached hydrogens (primary N) is 1. The number of hydrogen-bond acceptors (Lipinski definition) is 7. The van der Waals surface area contributed by atoms with Crippen LogP contribution in [0.4, 0.5) is 36.4 Å². The highest BCUT2D eigenvalue weighted by molar-refractivity contribution is 5.64. The molecule has 0 radical (unpaired) electrons. The Morgan fingerprint density at radius 2 is 1.86 bits per heavy atom. The van der Waals surface area contributed by atoms with Crippen molar-refractivity contribution in [2.45, 2.75) is 45.7 Å². The molecule has 2 aromatic heterocycles. The first-order valence-electron chi connectivity index (χ1n) is 11.8. The van der Waals surface area contributed by atoms with Gasteiger partial charge < -0.3 is 16.4 Å². The maximum Gasteiger partial charge on any atom is 0.421 e. The van der Waals surface area contributed by atoms with Crippen LogP contribution in [-0.2, 0) is 6.18 Å². The van der Waals surface area contributed by atoms with Crippen molar-refractivity contribution in [1.82, 2.24) is 25.1 Å². The lowest BCUT2D eigenvalue weighted by Crippen LogP contribution is -2.35. The van der Waals surface area contributed by atoms with Gasteiger partial charge in [0.15, 0.2) is 5.82 Å². The number of aromatic nitrogens is 4. The van der Waals surface area contributed by atoms with Crippen molar-refractivity contribution < 1.29 is 13.2 Å². The number of likely N-dealkylation sites (tertiary alicyclic amines) is 1. The largest absolute Gasteiger partial charge is 0.421 e. The molecule has 0 unspecified atom stereocenters. The van der Waals surface area contributed by atoms with Crippen LogP contribution in [0.15, 0.2) is 36.7 Å². The lowest BCUT2D eigenvalue weighted by molar-refractivity contribution is -0.137. The number of aryl methyl sites for hydroxylation is 3. The Labute approximate surface area is 208 Å². The number of rotatable bonds is 7. The van der Waals surface area contributed by atoms with Crippen LogP contribution >= 0.6 is 0 Å². The van der Waals surface area contributed by atoms with Gasteiger partial charge in [-0.2, -0.15) is 23.3 Å². The normalized spacial score (nSPS) is 15.2. The van der Waals surface area contributed by atoms with Crippen LogP contribution in [0.3, 0.4) is 0 Å². The standard InChI is InChI=1S/C25H31F3N8/c1-14-10-21(15(2)9-19(14)18-5-7-36(8-6-18)13-16(3)29)31-24-30-12-20(25(26,27)28)23(33-24)32-22-11-17(4)34-35-22/h9-12,18H,3,5-8,13,29H2,1-2,4H3,(H3,30,31,32,33,34,35). The van der Waals surface area contributed by atoms with Gasteiger partial charge in [-0.25, -0.2) is 4.98 Å². The Balaban J connectivity index is 1.54. The summed E-state index contributed by atoms with van der Waals surface area (Å²) in [5, 5.41) is 12.4. The zero-order chi connectivity index (χ0) is 26.0. The van der Waals surface area contributed by atoms with Crippen molar-refractivity contribution in [2.24, 2.45) is 5.73 Å². The molecule has 1 aromatic carbocycles. The van der Waals surface area contributed by atoms with Crippen LogP contribution in [0.2, 0.25) is 0 Å². The van der Waals surface area contributed by atoms with Gasteiger partial charge in [-0.3, -0.25) is 10.00 Å². The lowest BCUT2D eigenvalue weighted by Gasteiger charge is -2.33. The summed E-state index contributed by atoms with van der Waals surface area (Å²) < 4.78 is 40.7. The van der Waals surface area contributed by atoms with Crippen LogP contribution in [0.25, 0.3) is 0 Å². The van der Waals surface area contributed by atoms with E-state index in [1.807, 2.05) is 13.0 Å². The molecule has 1 aliphatic rings. The number of anilines is 4. The maximum absolute atomic E-state index is 13.6. The number of halogens is 3. The molecule has 0 bridgehead atoms. The fourth-order valence-corrected chi connectivity index (χ4v) is 4.57. The van der Waals surface area contributed by atoms with Gasteiger partial charge in [0.2, 0.25) is 5.95 Å². The molecule has 3 heterocycles. The average Bonchev–Trinajstić information content (AvgIpc) is 3.20. The van der Waals surface area contributed by atoms with Crippen LogP contribution in [0, 0.1) is 20.8 Å². The zero-order valence-corrected chi connectivity index (χ0v) is 20.6. The molecule has 1 fully saturated rings. The first-order valence-corrected chi connectivity index (χ1v) is 11.8. The molecular weight excluding hydrogens is 469 g/mol. The van der Waals surface area contributed by atoms with E-state index in [9.17, 15) is 13.2 Å². The van der Waals surface area contributed by atoms with E-state index in [1.54, 1.807) is 13.0 Å². The van der Waals surface area contributed by atoms with Crippen molar-refractivity contribution in [3.63, 3.8) is 0 Å². The Morgan fingerprint density at radius 3 is 2.47 bits per heavy atom. The number of hydrogen-bond donors (Lipinski definition) is 4. The van der Waals surface area contributed by atoms with Crippen LogP contribution in [-0.4, -0.2) is 44.7 Å². The van der Waals surface area contributed by atoms with E-state index < -0.39 is 11.7 Å². The van der Waals surface area contributed by atoms with E-state index in [4.69, 9.17) is 5.73 Å². The molecule has 192 valence electrons. The monoisotopic (exact) mass is 500 g/mol. The van der Waals surface area contributed by atoms with Gasteiger partial charge in [-0.15, -0.1) is 0 Å². The molecule has 0 spiro atoms. The first kappa shape index (κ1) is 25.5. The minimum atomic E-state index is -4.62. The molecule has 0 amide bonds. The van der Waals surface area contributed by atoms with Crippen LogP contribution in [0.5, 0.6) is 0 Å². The van der Waals surface area contributed by atoms with Crippen molar-refractivity contribution >= 4 is 23.3 Å². The number of nitrogens with zero attached hydrogens (tertiary/aromatic N) is 4. The summed E-state index contributed by atoms with van der Waals surface area (Å²) in [6.45, 7) is 12.2. The fraction of sp³-hybridized carbons (Fsp3) is 0.400. The highest BCUT2D eigenvalue weighted by Gasteiger charge is 2.35. The number of aromatic amines is 1. The van der Waals surface area contributed by atoms with E-state index >= 15 is 0 Å². The molecule has 4 rings (SSSR count). The third kappa shape index (κ3) is 5.96. The van der Waals surface area contributed by atoms with Gasteiger partial charge in [0, 0.05) is 35.9 Å². The van der Waals surface area contributed by atoms with E-state index in [1.165, 1.54) is 5.56 Å². The van der Waals surface area contributed by atoms with Crippen molar-refractivity contribution in [3.05, 3.63) is 64.6 Å². The van der Waals surface area contributed by atoms with Gasteiger partial charge in [-0.1, -0.05) is 12.6 Å². The number of alkyl halides is 3. The van der Waals surface area contributed by atoms with Crippen molar-refractivity contribution in [1.29, 1.82) is 0 Å². The first-order chi connectivity index (χ1) is 17.0. The van der Waals surface area contributed by atoms with E-state index in [-0.39, 0.29) is 17.6 Å². The van der Waals surface area contributed by atoms with Gasteiger partial charge in [0.1, 0.15) is 11.4 Å². The molecule has 0 aliphatic carbocycles. The van der Waals surface area contributed by atoms with Crippen LogP contribution < -0.4 is 16.4 Å². The SMILES string of the molecule is C=C(N)CN1CCC(c2cc(C)c(Nc3ncc(C(F)(F)F)c(Nc4cc(C)[nH]n4)n3)cc2C)CC1. The Kier molecular flexibility index (Phi) is 7.21. The van der Waals surface area contributed by atoms with Gasteiger partial charge in [0.25, 0.3) is 0 Å². The van der Waals surface area contributed by atoms with E-state index in [2.05, 4.69) is 55.3 Å². The summed E-state index contributed by atoms with van der Waals surface area (Å²) in [6, 6.07) is 5.75. The molecule has 11 heteroatoms. The fourth-order valence-electron chi connectivity index (χ4n) is 4.57. The van der Waals surface area contributed by atoms with Crippen LogP contribution in [0.1, 0.15) is 46.7 Å². The average molecular weight is 501 g/mol. The lowest BCUT2D eigenvalue weighted by atomic mass is 9.85. The molecule has 0 atom stereocenters. The van der Waals surface area contributed by atoms with Crippen molar-refractivity contribution in [2.75, 3.05) is 30.3 Å². The summed E-state index contributed by atoms with van der Waals surface area (Å²) >= 11 is 0. The molecule has 3 aromatic rings. The van der Waals surface area contributed by atoms with Gasteiger partial charge >= 0.3 is 6.18 Å². The predicted molar refractivity (Wildman–Crippen MR) is 135 cm³/mol. The molecular formula is C25H31F3N8. The Hall–Kier alpha value is -3.60. The third-order valence-electron chi connectivity index (χ3n) is 6.36. The molecule has 8 nitrogen and oxygen atoms in total. The maximum atomic E-state index is 13.6. The minimum Gasteiger partial charge on any atom is -0.401 e. The third-order valence-corrected chi connectivity index (χ3v) is 6.36. The number of piperidine rings is 1. The molecule has 0 saturated carbocycles. The smallest absolute Gasteiger partial charge is 0.401 e. The summed E-state index contributed by atoms with van der Waals surface area (Å²) in [7, 11) is 0. The summed E-state index contributed by atoms with van der Waals surface area (Å²) in [5.41, 5.74) is 10.3. The second-order valence-corrected chi connectivity index (χ2v) is 9.37. The Morgan fingerprint density at radius 1 is 1.14 bits per heavy atom. The summed E-state index contributed by atoms with van der Waals surface area (Å²) in [4.78, 5) is 10.4. The second-order valence-electron chi connectivity index (χ2n) is 9.37. The summed E-state index contributed by atoms with van der Waals surface area (Å²) in [5.74, 6) is 0.365. The number of H-pyrrole nitrogens is 1. The molecule has 36 heavy (non-hydrogen) atoms. The second kappa shape index (κ2) is 10.2. The molecule has 1 aliphatic heterocycles. The van der Waals surface area contributed by atoms with E-state index in [0.717, 1.165) is 55.5 Å².